The van der Waals surface area contributed by atoms with E-state index >= 15 is 0 Å². The molecule has 1 aromatic heterocycles. The average Bonchev–Trinajstić information content (AvgIpc) is 2.89. The summed E-state index contributed by atoms with van der Waals surface area (Å²) in [6.45, 7) is 2.04. The lowest BCUT2D eigenvalue weighted by Crippen LogP contribution is -2.27. The van der Waals surface area contributed by atoms with E-state index in [2.05, 4.69) is 15.4 Å². The number of hydrogen-bond acceptors (Lipinski definition) is 4. The third-order valence-corrected chi connectivity index (χ3v) is 2.54. The molecule has 6 nitrogen and oxygen atoms in total. The Hall–Kier alpha value is -2.21. The minimum Gasteiger partial charge on any atom is -0.395 e. The number of rotatable bonds is 4. The number of benzene rings is 1. The summed E-state index contributed by atoms with van der Waals surface area (Å²) in [4.78, 5) is 15.6. The van der Waals surface area contributed by atoms with Gasteiger partial charge in [-0.1, -0.05) is 0 Å². The van der Waals surface area contributed by atoms with Crippen molar-refractivity contribution in [2.24, 2.45) is 0 Å². The van der Waals surface area contributed by atoms with Crippen molar-refractivity contribution in [1.29, 1.82) is 0 Å². The highest BCUT2D eigenvalue weighted by Gasteiger charge is 2.09. The van der Waals surface area contributed by atoms with Crippen molar-refractivity contribution in [3.8, 4) is 5.69 Å². The van der Waals surface area contributed by atoms with E-state index in [9.17, 15) is 4.79 Å². The number of aliphatic hydroxyl groups excluding tert-OH is 1. The number of nitrogens with one attached hydrogen (secondary N) is 1. The molecule has 94 valence electrons. The lowest BCUT2D eigenvalue weighted by atomic mass is 10.1. The standard InChI is InChI=1S/C12H14N4O2/c1-9-6-10(16-8-13-7-15-16)2-3-11(9)12(18)14-4-5-17/h2-3,6-8,17H,4-5H2,1H3,(H,14,18). The molecule has 2 N–H and O–H groups in total. The van der Waals surface area contributed by atoms with Crippen LogP contribution < -0.4 is 5.32 Å². The number of carbonyl (C=O) groups is 1. The number of aromatic nitrogens is 3. The average molecular weight is 246 g/mol. The molecule has 0 spiro atoms. The van der Waals surface area contributed by atoms with E-state index < -0.39 is 0 Å². The lowest BCUT2D eigenvalue weighted by molar-refractivity contribution is 0.0944. The summed E-state index contributed by atoms with van der Waals surface area (Å²) < 4.78 is 1.63. The van der Waals surface area contributed by atoms with Crippen LogP contribution >= 0.6 is 0 Å². The molecule has 0 aliphatic carbocycles. The first-order valence-electron chi connectivity index (χ1n) is 5.57. The number of aryl methyl sites for hydroxylation is 1. The van der Waals surface area contributed by atoms with Gasteiger partial charge in [-0.15, -0.1) is 0 Å². The van der Waals surface area contributed by atoms with Gasteiger partial charge in [-0.05, 0) is 30.7 Å². The van der Waals surface area contributed by atoms with E-state index in [4.69, 9.17) is 5.11 Å². The van der Waals surface area contributed by atoms with Crippen molar-refractivity contribution < 1.29 is 9.90 Å². The fraction of sp³-hybridized carbons (Fsp3) is 0.250. The van der Waals surface area contributed by atoms with Gasteiger partial charge in [-0.25, -0.2) is 9.67 Å². The van der Waals surface area contributed by atoms with E-state index in [1.807, 2.05) is 13.0 Å². The van der Waals surface area contributed by atoms with Crippen LogP contribution in [-0.4, -0.2) is 38.9 Å². The number of hydrogen-bond donors (Lipinski definition) is 2. The fourth-order valence-electron chi connectivity index (χ4n) is 1.65. The molecular formula is C12H14N4O2. The minimum atomic E-state index is -0.188. The molecule has 18 heavy (non-hydrogen) atoms. The molecule has 1 aromatic carbocycles. The summed E-state index contributed by atoms with van der Waals surface area (Å²) in [7, 11) is 0. The molecule has 2 rings (SSSR count). The van der Waals surface area contributed by atoms with Gasteiger partial charge in [0.05, 0.1) is 12.3 Å². The van der Waals surface area contributed by atoms with Crippen LogP contribution in [0.3, 0.4) is 0 Å². The largest absolute Gasteiger partial charge is 0.395 e. The normalized spacial score (nSPS) is 10.3. The van der Waals surface area contributed by atoms with Crippen LogP contribution in [0, 0.1) is 6.92 Å². The predicted octanol–water partition coefficient (Wildman–Crippen LogP) is 0.298. The molecule has 1 amide bonds. The van der Waals surface area contributed by atoms with Crippen LogP contribution in [0.2, 0.25) is 0 Å². The van der Waals surface area contributed by atoms with Gasteiger partial charge in [0.25, 0.3) is 5.91 Å². The molecule has 0 fully saturated rings. The quantitative estimate of drug-likeness (QED) is 0.813. The molecule has 2 aromatic rings. The van der Waals surface area contributed by atoms with Crippen molar-refractivity contribution >= 4 is 5.91 Å². The van der Waals surface area contributed by atoms with Crippen molar-refractivity contribution in [1.82, 2.24) is 20.1 Å². The molecule has 6 heteroatoms. The number of nitrogens with zero attached hydrogens (tertiary/aromatic N) is 3. The van der Waals surface area contributed by atoms with Crippen LogP contribution in [0.5, 0.6) is 0 Å². The second kappa shape index (κ2) is 5.42. The summed E-state index contributed by atoms with van der Waals surface area (Å²) in [5, 5.41) is 15.3. The molecule has 0 unspecified atom stereocenters. The maximum Gasteiger partial charge on any atom is 0.251 e. The van der Waals surface area contributed by atoms with Gasteiger partial charge in [-0.2, -0.15) is 5.10 Å². The highest BCUT2D eigenvalue weighted by Crippen LogP contribution is 2.13. The molecule has 0 bridgehead atoms. The summed E-state index contributed by atoms with van der Waals surface area (Å²) in [5.74, 6) is -0.188. The van der Waals surface area contributed by atoms with E-state index in [0.717, 1.165) is 11.3 Å². The SMILES string of the molecule is Cc1cc(-n2cncn2)ccc1C(=O)NCCO. The maximum atomic E-state index is 11.8. The van der Waals surface area contributed by atoms with Crippen LogP contribution in [0.15, 0.2) is 30.9 Å². The summed E-state index contributed by atoms with van der Waals surface area (Å²) >= 11 is 0. The summed E-state index contributed by atoms with van der Waals surface area (Å²) in [5.41, 5.74) is 2.29. The topological polar surface area (TPSA) is 80.0 Å². The van der Waals surface area contributed by atoms with Gasteiger partial charge in [0.15, 0.2) is 0 Å². The van der Waals surface area contributed by atoms with E-state index in [0.29, 0.717) is 5.56 Å². The second-order valence-corrected chi connectivity index (χ2v) is 3.82. The van der Waals surface area contributed by atoms with Gasteiger partial charge < -0.3 is 10.4 Å². The van der Waals surface area contributed by atoms with Crippen molar-refractivity contribution in [3.05, 3.63) is 42.0 Å². The van der Waals surface area contributed by atoms with Crippen LogP contribution in [-0.2, 0) is 0 Å². The van der Waals surface area contributed by atoms with Gasteiger partial charge >= 0.3 is 0 Å². The number of amides is 1. The molecule has 0 aliphatic rings. The first-order valence-corrected chi connectivity index (χ1v) is 5.57. The monoisotopic (exact) mass is 246 g/mol. The fourth-order valence-corrected chi connectivity index (χ4v) is 1.65. The van der Waals surface area contributed by atoms with E-state index in [1.54, 1.807) is 23.1 Å². The van der Waals surface area contributed by atoms with Crippen LogP contribution in [0.1, 0.15) is 15.9 Å². The highest BCUT2D eigenvalue weighted by atomic mass is 16.3. The Morgan fingerprint density at radius 2 is 2.33 bits per heavy atom. The molecular weight excluding hydrogens is 232 g/mol. The number of carbonyl (C=O) groups excluding carboxylic acids is 1. The molecule has 0 aliphatic heterocycles. The first kappa shape index (κ1) is 12.3. The molecule has 0 saturated heterocycles. The van der Waals surface area contributed by atoms with E-state index in [1.165, 1.54) is 6.33 Å². The Morgan fingerprint density at radius 1 is 1.50 bits per heavy atom. The van der Waals surface area contributed by atoms with E-state index in [-0.39, 0.29) is 19.1 Å². The van der Waals surface area contributed by atoms with Gasteiger partial charge in [0, 0.05) is 12.1 Å². The molecule has 0 atom stereocenters. The summed E-state index contributed by atoms with van der Waals surface area (Å²) in [6.07, 6.45) is 3.05. The third kappa shape index (κ3) is 2.54. The number of aliphatic hydroxyl groups is 1. The maximum absolute atomic E-state index is 11.8. The van der Waals surface area contributed by atoms with Crippen molar-refractivity contribution in [3.63, 3.8) is 0 Å². The minimum absolute atomic E-state index is 0.0676. The van der Waals surface area contributed by atoms with Crippen molar-refractivity contribution in [2.45, 2.75) is 6.92 Å². The molecule has 0 radical (unpaired) electrons. The molecule has 1 heterocycles. The first-order chi connectivity index (χ1) is 8.72. The highest BCUT2D eigenvalue weighted by molar-refractivity contribution is 5.95. The Balaban J connectivity index is 2.23. The zero-order valence-electron chi connectivity index (χ0n) is 10.00. The smallest absolute Gasteiger partial charge is 0.251 e. The van der Waals surface area contributed by atoms with Gasteiger partial charge in [-0.3, -0.25) is 4.79 Å². The van der Waals surface area contributed by atoms with Crippen molar-refractivity contribution in [2.75, 3.05) is 13.2 Å². The zero-order valence-corrected chi connectivity index (χ0v) is 10.00. The Kier molecular flexibility index (Phi) is 3.69. The summed E-state index contributed by atoms with van der Waals surface area (Å²) in [6, 6.07) is 5.40. The third-order valence-electron chi connectivity index (χ3n) is 2.54. The van der Waals surface area contributed by atoms with Gasteiger partial charge in [0.2, 0.25) is 0 Å². The van der Waals surface area contributed by atoms with Crippen LogP contribution in [0.4, 0.5) is 0 Å². The lowest BCUT2D eigenvalue weighted by Gasteiger charge is -2.08. The second-order valence-electron chi connectivity index (χ2n) is 3.82. The van der Waals surface area contributed by atoms with Crippen LogP contribution in [0.25, 0.3) is 5.69 Å². The Morgan fingerprint density at radius 3 is 2.94 bits per heavy atom. The zero-order chi connectivity index (χ0) is 13.0. The Bertz CT molecular complexity index is 537. The van der Waals surface area contributed by atoms with Gasteiger partial charge in [0.1, 0.15) is 12.7 Å². The molecule has 0 saturated carbocycles. The Labute approximate surface area is 104 Å². The predicted molar refractivity (Wildman–Crippen MR) is 65.5 cm³/mol.